The van der Waals surface area contributed by atoms with E-state index in [1.807, 2.05) is 24.3 Å². The van der Waals surface area contributed by atoms with E-state index in [0.717, 1.165) is 11.3 Å². The van der Waals surface area contributed by atoms with Crippen LogP contribution in [0, 0.1) is 0 Å². The minimum atomic E-state index is -0.638. The molecule has 1 atom stereocenters. The summed E-state index contributed by atoms with van der Waals surface area (Å²) < 4.78 is 9.93. The van der Waals surface area contributed by atoms with Crippen molar-refractivity contribution in [3.63, 3.8) is 0 Å². The maximum atomic E-state index is 12.7. The standard InChI is InChI=1S/C19H23N5O5S/c1-3-29-15(25)11-20-19(27)24-10-4-5-14(24)16(26)21-18-23-22-17(30-18)12-6-8-13(28-2)9-7-12/h6-9,14H,3-5,10-11H2,1-2H3,(H,20,27)(H,21,23,26). The highest BCUT2D eigenvalue weighted by molar-refractivity contribution is 7.18. The third-order valence-electron chi connectivity index (χ3n) is 4.50. The molecule has 1 aliphatic rings. The molecule has 0 spiro atoms. The third kappa shape index (κ3) is 5.23. The Balaban J connectivity index is 1.58. The first kappa shape index (κ1) is 21.5. The number of rotatable bonds is 7. The van der Waals surface area contributed by atoms with E-state index in [1.54, 1.807) is 14.0 Å². The van der Waals surface area contributed by atoms with Crippen molar-refractivity contribution in [2.45, 2.75) is 25.8 Å². The van der Waals surface area contributed by atoms with Crippen molar-refractivity contribution in [3.8, 4) is 16.3 Å². The smallest absolute Gasteiger partial charge is 0.325 e. The summed E-state index contributed by atoms with van der Waals surface area (Å²) >= 11 is 1.24. The molecule has 1 aromatic carbocycles. The Morgan fingerprint density at radius 3 is 2.70 bits per heavy atom. The fourth-order valence-corrected chi connectivity index (χ4v) is 3.81. The first-order chi connectivity index (χ1) is 14.5. The molecule has 1 saturated heterocycles. The maximum absolute atomic E-state index is 12.7. The van der Waals surface area contributed by atoms with Crippen LogP contribution in [0.2, 0.25) is 0 Å². The molecular formula is C19H23N5O5S. The SMILES string of the molecule is CCOC(=O)CNC(=O)N1CCCC1C(=O)Nc1nnc(-c2ccc(OC)cc2)s1. The summed E-state index contributed by atoms with van der Waals surface area (Å²) in [6.45, 7) is 2.12. The Kier molecular flexibility index (Phi) is 7.17. The molecule has 0 aliphatic carbocycles. The van der Waals surface area contributed by atoms with Gasteiger partial charge in [-0.2, -0.15) is 0 Å². The van der Waals surface area contributed by atoms with E-state index in [9.17, 15) is 14.4 Å². The molecule has 0 radical (unpaired) electrons. The normalized spacial score (nSPS) is 15.5. The van der Waals surface area contributed by atoms with E-state index in [-0.39, 0.29) is 19.1 Å². The number of anilines is 1. The molecule has 2 heterocycles. The molecule has 2 N–H and O–H groups in total. The number of ether oxygens (including phenoxy) is 2. The number of hydrogen-bond donors (Lipinski definition) is 2. The third-order valence-corrected chi connectivity index (χ3v) is 5.39. The summed E-state index contributed by atoms with van der Waals surface area (Å²) in [6.07, 6.45) is 1.22. The van der Waals surface area contributed by atoms with Crippen molar-refractivity contribution in [3.05, 3.63) is 24.3 Å². The van der Waals surface area contributed by atoms with Crippen molar-refractivity contribution >= 4 is 34.4 Å². The number of likely N-dealkylation sites (tertiary alicyclic amines) is 1. The minimum absolute atomic E-state index is 0.237. The summed E-state index contributed by atoms with van der Waals surface area (Å²) in [4.78, 5) is 37.9. The van der Waals surface area contributed by atoms with Crippen LogP contribution in [0.3, 0.4) is 0 Å². The summed E-state index contributed by atoms with van der Waals surface area (Å²) in [5.41, 5.74) is 0.856. The Hall–Kier alpha value is -3.21. The van der Waals surface area contributed by atoms with Gasteiger partial charge < -0.3 is 19.7 Å². The molecule has 160 valence electrons. The predicted molar refractivity (Wildman–Crippen MR) is 110 cm³/mol. The Bertz CT molecular complexity index is 901. The summed E-state index contributed by atoms with van der Waals surface area (Å²) in [7, 11) is 1.59. The Morgan fingerprint density at radius 1 is 1.23 bits per heavy atom. The van der Waals surface area contributed by atoms with Gasteiger partial charge in [-0.1, -0.05) is 11.3 Å². The van der Waals surface area contributed by atoms with Gasteiger partial charge in [-0.3, -0.25) is 14.9 Å². The van der Waals surface area contributed by atoms with Crippen LogP contribution < -0.4 is 15.4 Å². The van der Waals surface area contributed by atoms with E-state index < -0.39 is 18.0 Å². The topological polar surface area (TPSA) is 123 Å². The quantitative estimate of drug-likeness (QED) is 0.639. The number of methoxy groups -OCH3 is 1. The summed E-state index contributed by atoms with van der Waals surface area (Å²) in [6, 6.07) is 6.24. The van der Waals surface area contributed by atoms with Crippen molar-refractivity contribution in [2.24, 2.45) is 0 Å². The van der Waals surface area contributed by atoms with E-state index in [4.69, 9.17) is 9.47 Å². The van der Waals surface area contributed by atoms with Crippen LogP contribution in [-0.2, 0) is 14.3 Å². The molecule has 1 aromatic heterocycles. The molecule has 30 heavy (non-hydrogen) atoms. The van der Waals surface area contributed by atoms with Gasteiger partial charge in [-0.15, -0.1) is 10.2 Å². The van der Waals surface area contributed by atoms with Gasteiger partial charge in [-0.25, -0.2) is 4.79 Å². The van der Waals surface area contributed by atoms with E-state index in [1.165, 1.54) is 16.2 Å². The number of esters is 1. The second kappa shape index (κ2) is 10.0. The Labute approximate surface area is 177 Å². The lowest BCUT2D eigenvalue weighted by Crippen LogP contribution is -2.48. The van der Waals surface area contributed by atoms with Crippen LogP contribution >= 0.6 is 11.3 Å². The second-order valence-corrected chi connectivity index (χ2v) is 7.42. The van der Waals surface area contributed by atoms with Gasteiger partial charge >= 0.3 is 12.0 Å². The van der Waals surface area contributed by atoms with Crippen LogP contribution in [-0.4, -0.2) is 65.9 Å². The van der Waals surface area contributed by atoms with Crippen LogP contribution in [0.4, 0.5) is 9.93 Å². The molecule has 1 unspecified atom stereocenters. The number of nitrogens with zero attached hydrogens (tertiary/aromatic N) is 3. The average Bonchev–Trinajstić information content (AvgIpc) is 3.42. The zero-order chi connectivity index (χ0) is 21.5. The first-order valence-electron chi connectivity index (χ1n) is 9.50. The van der Waals surface area contributed by atoms with Gasteiger partial charge in [0.15, 0.2) is 0 Å². The molecule has 2 aromatic rings. The molecule has 3 amide bonds. The van der Waals surface area contributed by atoms with Gasteiger partial charge in [0.2, 0.25) is 11.0 Å². The van der Waals surface area contributed by atoms with Crippen LogP contribution in [0.5, 0.6) is 5.75 Å². The maximum Gasteiger partial charge on any atom is 0.325 e. The summed E-state index contributed by atoms with van der Waals surface area (Å²) in [5, 5.41) is 14.4. The molecule has 1 fully saturated rings. The predicted octanol–water partition coefficient (Wildman–Crippen LogP) is 1.89. The highest BCUT2D eigenvalue weighted by Gasteiger charge is 2.34. The average molecular weight is 433 g/mol. The number of hydrogen-bond acceptors (Lipinski definition) is 8. The fraction of sp³-hybridized carbons (Fsp3) is 0.421. The van der Waals surface area contributed by atoms with Gasteiger partial charge in [-0.05, 0) is 44.0 Å². The van der Waals surface area contributed by atoms with E-state index in [0.29, 0.717) is 29.5 Å². The largest absolute Gasteiger partial charge is 0.497 e. The number of nitrogens with one attached hydrogen (secondary N) is 2. The van der Waals surface area contributed by atoms with Crippen molar-refractivity contribution in [2.75, 3.05) is 32.1 Å². The molecular weight excluding hydrogens is 410 g/mol. The van der Waals surface area contributed by atoms with E-state index >= 15 is 0 Å². The minimum Gasteiger partial charge on any atom is -0.497 e. The lowest BCUT2D eigenvalue weighted by Gasteiger charge is -2.23. The van der Waals surface area contributed by atoms with Crippen LogP contribution in [0.1, 0.15) is 19.8 Å². The van der Waals surface area contributed by atoms with Gasteiger partial charge in [0.1, 0.15) is 23.3 Å². The van der Waals surface area contributed by atoms with Crippen LogP contribution in [0.25, 0.3) is 10.6 Å². The number of benzene rings is 1. The van der Waals surface area contributed by atoms with E-state index in [2.05, 4.69) is 20.8 Å². The zero-order valence-electron chi connectivity index (χ0n) is 16.7. The summed E-state index contributed by atoms with van der Waals surface area (Å²) in [5.74, 6) is -0.124. The highest BCUT2D eigenvalue weighted by atomic mass is 32.1. The van der Waals surface area contributed by atoms with Crippen LogP contribution in [0.15, 0.2) is 24.3 Å². The Morgan fingerprint density at radius 2 is 2.00 bits per heavy atom. The number of carbonyl (C=O) groups excluding carboxylic acids is 3. The molecule has 1 aliphatic heterocycles. The van der Waals surface area contributed by atoms with Gasteiger partial charge in [0.25, 0.3) is 0 Å². The highest BCUT2D eigenvalue weighted by Crippen LogP contribution is 2.28. The van der Waals surface area contributed by atoms with Gasteiger partial charge in [0.05, 0.1) is 13.7 Å². The molecule has 11 heteroatoms. The second-order valence-electron chi connectivity index (χ2n) is 6.45. The number of amides is 3. The van der Waals surface area contributed by atoms with Crippen molar-refractivity contribution in [1.82, 2.24) is 20.4 Å². The zero-order valence-corrected chi connectivity index (χ0v) is 17.5. The lowest BCUT2D eigenvalue weighted by atomic mass is 10.2. The van der Waals surface area contributed by atoms with Gasteiger partial charge in [0, 0.05) is 12.1 Å². The first-order valence-corrected chi connectivity index (χ1v) is 10.3. The molecule has 0 saturated carbocycles. The van der Waals surface area contributed by atoms with Crippen molar-refractivity contribution in [1.29, 1.82) is 0 Å². The molecule has 0 bridgehead atoms. The van der Waals surface area contributed by atoms with Crippen molar-refractivity contribution < 1.29 is 23.9 Å². The lowest BCUT2D eigenvalue weighted by molar-refractivity contribution is -0.141. The molecule has 10 nitrogen and oxygen atoms in total. The molecule has 3 rings (SSSR count). The monoisotopic (exact) mass is 433 g/mol. The fourth-order valence-electron chi connectivity index (χ4n) is 3.06. The number of carbonyl (C=O) groups is 3. The number of aromatic nitrogens is 2. The number of urea groups is 1.